The molecule has 0 amide bonds. The van der Waals surface area contributed by atoms with E-state index in [-0.39, 0.29) is 31.6 Å². The third-order valence-corrected chi connectivity index (χ3v) is 10.7. The zero-order valence-corrected chi connectivity index (χ0v) is 44.9. The molecular weight excluding hydrogens is 877 g/mol. The Morgan fingerprint density at radius 3 is 0.859 bits per heavy atom. The smallest absolute Gasteiger partial charge is 0.306 e. The zero-order valence-electron chi connectivity index (χ0n) is 44.9. The summed E-state index contributed by atoms with van der Waals surface area (Å²) in [7, 11) is 0. The molecule has 6 nitrogen and oxygen atoms in total. The van der Waals surface area contributed by atoms with Crippen LogP contribution in [-0.2, 0) is 28.6 Å². The molecule has 0 spiro atoms. The normalized spacial score (nSPS) is 13.5. The molecule has 0 saturated heterocycles. The second-order valence-electron chi connectivity index (χ2n) is 17.3. The molecule has 6 heteroatoms. The van der Waals surface area contributed by atoms with Crippen molar-refractivity contribution < 1.29 is 28.6 Å². The van der Waals surface area contributed by atoms with E-state index in [9.17, 15) is 14.4 Å². The van der Waals surface area contributed by atoms with E-state index in [0.717, 1.165) is 154 Å². The molecule has 394 valence electrons. The van der Waals surface area contributed by atoms with E-state index in [4.69, 9.17) is 14.2 Å². The predicted octanol–water partition coefficient (Wildman–Crippen LogP) is 18.8. The Kier molecular flexibility index (Phi) is 53.1. The van der Waals surface area contributed by atoms with Crippen LogP contribution in [0, 0.1) is 0 Å². The summed E-state index contributed by atoms with van der Waals surface area (Å²) in [6.45, 7) is 6.16. The van der Waals surface area contributed by atoms with Crippen molar-refractivity contribution in [1.82, 2.24) is 0 Å². The van der Waals surface area contributed by atoms with E-state index in [0.29, 0.717) is 19.3 Å². The predicted molar refractivity (Wildman–Crippen MR) is 306 cm³/mol. The Morgan fingerprint density at radius 2 is 0.535 bits per heavy atom. The molecule has 0 rings (SSSR count). The van der Waals surface area contributed by atoms with Gasteiger partial charge < -0.3 is 14.2 Å². The number of ether oxygens (including phenoxy) is 3. The Bertz CT molecular complexity index is 1690. The van der Waals surface area contributed by atoms with E-state index in [1.807, 2.05) is 12.2 Å². The Labute approximate surface area is 434 Å². The van der Waals surface area contributed by atoms with Crippen LogP contribution in [0.25, 0.3) is 0 Å². The van der Waals surface area contributed by atoms with Gasteiger partial charge in [-0.05, 0) is 135 Å². The maximum Gasteiger partial charge on any atom is 0.306 e. The van der Waals surface area contributed by atoms with E-state index in [1.165, 1.54) is 0 Å². The fraction of sp³-hybridized carbons (Fsp3) is 0.523. The highest BCUT2D eigenvalue weighted by Gasteiger charge is 2.19. The molecule has 0 saturated carbocycles. The highest BCUT2D eigenvalue weighted by atomic mass is 16.6. The molecule has 1 unspecified atom stereocenters. The maximum absolute atomic E-state index is 12.8. The summed E-state index contributed by atoms with van der Waals surface area (Å²) in [6.07, 6.45) is 85.0. The first kappa shape index (κ1) is 65.8. The summed E-state index contributed by atoms with van der Waals surface area (Å²) in [4.78, 5) is 38.1. The number of hydrogen-bond acceptors (Lipinski definition) is 6. The van der Waals surface area contributed by atoms with E-state index < -0.39 is 12.1 Å². The molecule has 1 atom stereocenters. The van der Waals surface area contributed by atoms with E-state index in [2.05, 4.69) is 179 Å². The lowest BCUT2D eigenvalue weighted by Gasteiger charge is -2.18. The summed E-state index contributed by atoms with van der Waals surface area (Å²) in [5, 5.41) is 0. The van der Waals surface area contributed by atoms with E-state index >= 15 is 0 Å². The molecule has 0 bridgehead atoms. The summed E-state index contributed by atoms with van der Waals surface area (Å²) in [6, 6.07) is 0. The van der Waals surface area contributed by atoms with Gasteiger partial charge in [0, 0.05) is 19.3 Å². The van der Waals surface area contributed by atoms with Gasteiger partial charge in [-0.25, -0.2) is 0 Å². The van der Waals surface area contributed by atoms with Crippen LogP contribution >= 0.6 is 0 Å². The Balaban J connectivity index is 4.59. The van der Waals surface area contributed by atoms with Crippen molar-refractivity contribution >= 4 is 17.9 Å². The van der Waals surface area contributed by atoms with Crippen molar-refractivity contribution in [2.24, 2.45) is 0 Å². The molecule has 0 aromatic carbocycles. The lowest BCUT2D eigenvalue weighted by molar-refractivity contribution is -0.166. The average Bonchev–Trinajstić information content (AvgIpc) is 3.37. The lowest BCUT2D eigenvalue weighted by Crippen LogP contribution is -2.30. The Morgan fingerprint density at radius 1 is 0.282 bits per heavy atom. The van der Waals surface area contributed by atoms with Crippen LogP contribution in [0.4, 0.5) is 0 Å². The third-order valence-electron chi connectivity index (χ3n) is 10.7. The van der Waals surface area contributed by atoms with Crippen LogP contribution in [-0.4, -0.2) is 37.2 Å². The maximum atomic E-state index is 12.8. The number of rotatable bonds is 47. The van der Waals surface area contributed by atoms with Crippen LogP contribution in [0.15, 0.2) is 170 Å². The van der Waals surface area contributed by atoms with Gasteiger partial charge in [0.1, 0.15) is 13.2 Å². The summed E-state index contributed by atoms with van der Waals surface area (Å²) >= 11 is 0. The van der Waals surface area contributed by atoms with Gasteiger partial charge in [0.15, 0.2) is 6.10 Å². The Hall–Kier alpha value is -5.23. The minimum absolute atomic E-state index is 0.137. The van der Waals surface area contributed by atoms with E-state index in [1.54, 1.807) is 0 Å². The summed E-state index contributed by atoms with van der Waals surface area (Å²) < 4.78 is 16.7. The first-order valence-corrected chi connectivity index (χ1v) is 27.6. The van der Waals surface area contributed by atoms with Crippen LogP contribution in [0.1, 0.15) is 201 Å². The van der Waals surface area contributed by atoms with Gasteiger partial charge in [0.05, 0.1) is 0 Å². The fourth-order valence-electron chi connectivity index (χ4n) is 6.68. The van der Waals surface area contributed by atoms with Gasteiger partial charge in [0.25, 0.3) is 0 Å². The minimum atomic E-state index is -0.849. The molecule has 71 heavy (non-hydrogen) atoms. The van der Waals surface area contributed by atoms with Gasteiger partial charge in [-0.2, -0.15) is 0 Å². The molecule has 0 fully saturated rings. The molecule has 0 radical (unpaired) electrons. The molecule has 0 aliphatic heterocycles. The number of hydrogen-bond donors (Lipinski definition) is 0. The number of carbonyl (C=O) groups is 3. The van der Waals surface area contributed by atoms with Crippen LogP contribution in [0.5, 0.6) is 0 Å². The monoisotopic (exact) mass is 975 g/mol. The third kappa shape index (κ3) is 55.6. The standard InChI is InChI=1S/C65H98O6/c1-4-7-10-13-16-19-22-25-27-29-31-32-34-35-37-40-43-46-49-52-55-58-64(67)70-61-62(60-69-63(66)57-54-51-48-45-42-39-24-21-18-15-12-9-6-3)71-65(68)59-56-53-50-47-44-41-38-36-33-30-28-26-23-20-17-14-11-8-5-2/h7-12,16-21,25-28,31-33,35-37,39,41-42,44,50,53,62H,4-6,13-15,22-24,29-30,34,38,40,43,45-49,51-52,54-61H2,1-3H3/b10-7-,11-8-,12-9-,19-16-,20-17-,21-18-,27-25-,28-26-,32-31-,36-33-,37-35-,42-39-,44-41-,53-50-. The molecule has 0 heterocycles. The lowest BCUT2D eigenvalue weighted by atomic mass is 10.1. The van der Waals surface area contributed by atoms with Gasteiger partial charge in [0.2, 0.25) is 0 Å². The number of esters is 3. The highest BCUT2D eigenvalue weighted by Crippen LogP contribution is 2.11. The minimum Gasteiger partial charge on any atom is -0.462 e. The van der Waals surface area contributed by atoms with Gasteiger partial charge >= 0.3 is 17.9 Å². The van der Waals surface area contributed by atoms with Crippen molar-refractivity contribution in [2.75, 3.05) is 13.2 Å². The van der Waals surface area contributed by atoms with Gasteiger partial charge in [-0.15, -0.1) is 0 Å². The number of carbonyl (C=O) groups excluding carboxylic acids is 3. The summed E-state index contributed by atoms with van der Waals surface area (Å²) in [5.74, 6) is -1.08. The average molecular weight is 975 g/mol. The molecule has 0 N–H and O–H groups in total. The van der Waals surface area contributed by atoms with Gasteiger partial charge in [-0.3, -0.25) is 14.4 Å². The molecule has 0 aliphatic carbocycles. The fourth-order valence-corrected chi connectivity index (χ4v) is 6.68. The van der Waals surface area contributed by atoms with Crippen LogP contribution in [0.2, 0.25) is 0 Å². The van der Waals surface area contributed by atoms with Crippen molar-refractivity contribution in [2.45, 2.75) is 207 Å². The van der Waals surface area contributed by atoms with Crippen LogP contribution < -0.4 is 0 Å². The number of unbranched alkanes of at least 4 members (excludes halogenated alkanes) is 8. The number of allylic oxidation sites excluding steroid dienone is 28. The zero-order chi connectivity index (χ0) is 51.4. The largest absolute Gasteiger partial charge is 0.462 e. The first-order chi connectivity index (χ1) is 35.0. The van der Waals surface area contributed by atoms with Crippen molar-refractivity contribution in [3.63, 3.8) is 0 Å². The van der Waals surface area contributed by atoms with Crippen LogP contribution in [0.3, 0.4) is 0 Å². The second kappa shape index (κ2) is 57.3. The SMILES string of the molecule is CC/C=C\C/C=C\C/C=C\C/C=C\C/C=C\C/C=C\CCC(=O)OC(COC(=O)CCCCC/C=C\C/C=C\C/C=C\CC)COC(=O)CCCCCCC/C=C\C/C=C\C/C=C\C/C=C\C/C=C\CC. The molecule has 0 aromatic rings. The first-order valence-electron chi connectivity index (χ1n) is 27.6. The summed E-state index contributed by atoms with van der Waals surface area (Å²) in [5.41, 5.74) is 0. The topological polar surface area (TPSA) is 78.9 Å². The van der Waals surface area contributed by atoms with Crippen molar-refractivity contribution in [3.05, 3.63) is 170 Å². The molecule has 0 aliphatic rings. The van der Waals surface area contributed by atoms with Gasteiger partial charge in [-0.1, -0.05) is 217 Å². The quantitative estimate of drug-likeness (QED) is 0.0262. The highest BCUT2D eigenvalue weighted by molar-refractivity contribution is 5.71. The van der Waals surface area contributed by atoms with Crippen molar-refractivity contribution in [3.8, 4) is 0 Å². The second-order valence-corrected chi connectivity index (χ2v) is 17.3. The van der Waals surface area contributed by atoms with Crippen molar-refractivity contribution in [1.29, 1.82) is 0 Å². The molecular formula is C65H98O6. The molecule has 0 aromatic heterocycles.